The number of amides is 1. The molecular formula is C18H24N2O2. The van der Waals surface area contributed by atoms with E-state index in [1.807, 2.05) is 23.1 Å². The normalized spacial score (nSPS) is 22.2. The molecule has 0 aliphatic carbocycles. The van der Waals surface area contributed by atoms with E-state index in [2.05, 4.69) is 30.5 Å². The smallest absolute Gasteiger partial charge is 0.270 e. The summed E-state index contributed by atoms with van der Waals surface area (Å²) >= 11 is 0. The number of aliphatic hydroxyl groups excluding tert-OH is 1. The van der Waals surface area contributed by atoms with E-state index in [-0.39, 0.29) is 24.5 Å². The average Bonchev–Trinajstić information content (AvgIpc) is 2.93. The number of hydrogen-bond donors (Lipinski definition) is 1. The van der Waals surface area contributed by atoms with Gasteiger partial charge in [0.05, 0.1) is 0 Å². The summed E-state index contributed by atoms with van der Waals surface area (Å²) in [6.07, 6.45) is 1.96. The fraction of sp³-hybridized carbons (Fsp3) is 0.500. The van der Waals surface area contributed by atoms with Gasteiger partial charge < -0.3 is 14.6 Å². The number of para-hydroxylation sites is 1. The van der Waals surface area contributed by atoms with Crippen molar-refractivity contribution in [1.29, 1.82) is 0 Å². The van der Waals surface area contributed by atoms with Gasteiger partial charge in [-0.25, -0.2) is 0 Å². The molecule has 4 heteroatoms. The van der Waals surface area contributed by atoms with Crippen molar-refractivity contribution < 1.29 is 9.90 Å². The van der Waals surface area contributed by atoms with E-state index in [1.165, 1.54) is 0 Å². The Morgan fingerprint density at radius 1 is 1.32 bits per heavy atom. The summed E-state index contributed by atoms with van der Waals surface area (Å²) in [6, 6.07) is 10.4. The molecule has 0 spiro atoms. The van der Waals surface area contributed by atoms with Crippen LogP contribution < -0.4 is 0 Å². The molecule has 1 saturated heterocycles. The molecule has 3 rings (SSSR count). The lowest BCUT2D eigenvalue weighted by molar-refractivity contribution is 0.0479. The monoisotopic (exact) mass is 300 g/mol. The Hall–Kier alpha value is -1.81. The number of likely N-dealkylation sites (tertiary alicyclic amines) is 1. The van der Waals surface area contributed by atoms with Crippen LogP contribution in [0.2, 0.25) is 0 Å². The van der Waals surface area contributed by atoms with Gasteiger partial charge in [-0.15, -0.1) is 0 Å². The highest BCUT2D eigenvalue weighted by Gasteiger charge is 2.30. The van der Waals surface area contributed by atoms with E-state index in [9.17, 15) is 9.90 Å². The zero-order valence-corrected chi connectivity index (χ0v) is 13.3. The highest BCUT2D eigenvalue weighted by molar-refractivity contribution is 5.99. The number of hydrogen-bond acceptors (Lipinski definition) is 2. The van der Waals surface area contributed by atoms with Crippen molar-refractivity contribution in [2.75, 3.05) is 13.2 Å². The molecule has 118 valence electrons. The van der Waals surface area contributed by atoms with Crippen LogP contribution in [0.15, 0.2) is 30.3 Å². The Morgan fingerprint density at radius 2 is 2.09 bits per heavy atom. The minimum Gasteiger partial charge on any atom is -0.396 e. The minimum atomic E-state index is 0.0868. The Labute approximate surface area is 131 Å². The van der Waals surface area contributed by atoms with Crippen LogP contribution in [0.25, 0.3) is 10.9 Å². The Morgan fingerprint density at radius 3 is 2.82 bits per heavy atom. The Balaban J connectivity index is 1.97. The second-order valence-corrected chi connectivity index (χ2v) is 6.27. The molecule has 22 heavy (non-hydrogen) atoms. The maximum atomic E-state index is 13.0. The summed E-state index contributed by atoms with van der Waals surface area (Å²) < 4.78 is 2.09. The molecule has 1 amide bonds. The number of piperidine rings is 1. The van der Waals surface area contributed by atoms with Gasteiger partial charge in [-0.3, -0.25) is 4.79 Å². The summed E-state index contributed by atoms with van der Waals surface area (Å²) in [5.41, 5.74) is 1.87. The molecule has 1 aliphatic heterocycles. The third-order valence-electron chi connectivity index (χ3n) is 4.84. The van der Waals surface area contributed by atoms with Crippen LogP contribution >= 0.6 is 0 Å². The number of carbonyl (C=O) groups excluding carboxylic acids is 1. The second kappa shape index (κ2) is 6.13. The zero-order valence-electron chi connectivity index (χ0n) is 13.3. The van der Waals surface area contributed by atoms with Crippen LogP contribution in [0.4, 0.5) is 0 Å². The minimum absolute atomic E-state index is 0.0868. The SMILES string of the molecule is CCn1c(C(=O)N2CC(CO)CCC2C)cc2ccccc21. The number of carbonyl (C=O) groups is 1. The molecule has 1 fully saturated rings. The van der Waals surface area contributed by atoms with Crippen LogP contribution in [-0.4, -0.2) is 39.7 Å². The van der Waals surface area contributed by atoms with E-state index < -0.39 is 0 Å². The van der Waals surface area contributed by atoms with Gasteiger partial charge in [0, 0.05) is 36.6 Å². The van der Waals surface area contributed by atoms with Crippen molar-refractivity contribution >= 4 is 16.8 Å². The molecule has 2 heterocycles. The van der Waals surface area contributed by atoms with Gasteiger partial charge >= 0.3 is 0 Å². The number of aromatic nitrogens is 1. The zero-order chi connectivity index (χ0) is 15.7. The van der Waals surface area contributed by atoms with Crippen molar-refractivity contribution in [2.24, 2.45) is 5.92 Å². The molecule has 1 aromatic carbocycles. The maximum absolute atomic E-state index is 13.0. The molecule has 1 aliphatic rings. The molecule has 0 bridgehead atoms. The first kappa shape index (κ1) is 15.1. The topological polar surface area (TPSA) is 45.5 Å². The maximum Gasteiger partial charge on any atom is 0.270 e. The fourth-order valence-corrected chi connectivity index (χ4v) is 3.49. The molecule has 2 aromatic rings. The van der Waals surface area contributed by atoms with Gasteiger partial charge in [0.25, 0.3) is 5.91 Å². The van der Waals surface area contributed by atoms with E-state index in [4.69, 9.17) is 0 Å². The summed E-state index contributed by atoms with van der Waals surface area (Å²) in [6.45, 7) is 5.76. The molecule has 1 N–H and O–H groups in total. The highest BCUT2D eigenvalue weighted by Crippen LogP contribution is 2.26. The van der Waals surface area contributed by atoms with E-state index in [1.54, 1.807) is 0 Å². The molecule has 1 aromatic heterocycles. The molecule has 0 saturated carbocycles. The lowest BCUT2D eigenvalue weighted by Crippen LogP contribution is -2.46. The van der Waals surface area contributed by atoms with Gasteiger partial charge in [-0.2, -0.15) is 0 Å². The van der Waals surface area contributed by atoms with Gasteiger partial charge in [-0.05, 0) is 44.7 Å². The quantitative estimate of drug-likeness (QED) is 0.947. The van der Waals surface area contributed by atoms with E-state index in [0.717, 1.165) is 36.0 Å². The van der Waals surface area contributed by atoms with Crippen LogP contribution in [-0.2, 0) is 6.54 Å². The Bertz CT molecular complexity index is 677. The van der Waals surface area contributed by atoms with Crippen LogP contribution in [0.1, 0.15) is 37.2 Å². The van der Waals surface area contributed by atoms with E-state index >= 15 is 0 Å². The van der Waals surface area contributed by atoms with Gasteiger partial charge in [0.1, 0.15) is 5.69 Å². The Kier molecular flexibility index (Phi) is 4.21. The predicted molar refractivity (Wildman–Crippen MR) is 87.9 cm³/mol. The van der Waals surface area contributed by atoms with Crippen molar-refractivity contribution in [3.8, 4) is 0 Å². The van der Waals surface area contributed by atoms with Crippen molar-refractivity contribution in [3.63, 3.8) is 0 Å². The first-order chi connectivity index (χ1) is 10.7. The van der Waals surface area contributed by atoms with Crippen molar-refractivity contribution in [1.82, 2.24) is 9.47 Å². The van der Waals surface area contributed by atoms with Crippen LogP contribution in [0.3, 0.4) is 0 Å². The standard InChI is InChI=1S/C18H24N2O2/c1-3-19-16-7-5-4-6-15(16)10-17(19)18(22)20-11-14(12-21)9-8-13(20)2/h4-7,10,13-14,21H,3,8-9,11-12H2,1-2H3. The first-order valence-corrected chi connectivity index (χ1v) is 8.15. The number of aryl methyl sites for hydroxylation is 1. The second-order valence-electron chi connectivity index (χ2n) is 6.27. The van der Waals surface area contributed by atoms with Gasteiger partial charge in [0.2, 0.25) is 0 Å². The largest absolute Gasteiger partial charge is 0.396 e. The number of nitrogens with zero attached hydrogens (tertiary/aromatic N) is 2. The van der Waals surface area contributed by atoms with Crippen LogP contribution in [0, 0.1) is 5.92 Å². The summed E-state index contributed by atoms with van der Waals surface area (Å²) in [7, 11) is 0. The van der Waals surface area contributed by atoms with Gasteiger partial charge in [-0.1, -0.05) is 18.2 Å². The number of rotatable bonds is 3. The molecule has 4 nitrogen and oxygen atoms in total. The van der Waals surface area contributed by atoms with E-state index in [0.29, 0.717) is 6.54 Å². The molecule has 2 atom stereocenters. The molecule has 2 unspecified atom stereocenters. The van der Waals surface area contributed by atoms with Gasteiger partial charge in [0.15, 0.2) is 0 Å². The number of benzene rings is 1. The molecule has 0 radical (unpaired) electrons. The summed E-state index contributed by atoms with van der Waals surface area (Å²) in [4.78, 5) is 15.0. The highest BCUT2D eigenvalue weighted by atomic mass is 16.3. The average molecular weight is 300 g/mol. The predicted octanol–water partition coefficient (Wildman–Crippen LogP) is 2.89. The lowest BCUT2D eigenvalue weighted by atomic mass is 9.94. The first-order valence-electron chi connectivity index (χ1n) is 8.15. The fourth-order valence-electron chi connectivity index (χ4n) is 3.49. The third-order valence-corrected chi connectivity index (χ3v) is 4.84. The lowest BCUT2D eigenvalue weighted by Gasteiger charge is -2.37. The van der Waals surface area contributed by atoms with Crippen molar-refractivity contribution in [3.05, 3.63) is 36.0 Å². The number of fused-ring (bicyclic) bond motifs is 1. The number of aliphatic hydroxyl groups is 1. The third kappa shape index (κ3) is 2.52. The van der Waals surface area contributed by atoms with Crippen LogP contribution in [0.5, 0.6) is 0 Å². The summed E-state index contributed by atoms with van der Waals surface area (Å²) in [5.74, 6) is 0.295. The summed E-state index contributed by atoms with van der Waals surface area (Å²) in [5, 5.41) is 10.5. The molecular weight excluding hydrogens is 276 g/mol. The van der Waals surface area contributed by atoms with Crippen molar-refractivity contribution in [2.45, 2.75) is 39.3 Å².